The number of nitrogens with one attached hydrogen (secondary N) is 1. The number of nitrogens with zero attached hydrogens (tertiary/aromatic N) is 3. The Labute approximate surface area is 189 Å². The number of anilines is 1. The molecule has 3 amide bonds. The predicted molar refractivity (Wildman–Crippen MR) is 106 cm³/mol. The van der Waals surface area contributed by atoms with Crippen molar-refractivity contribution in [2.45, 2.75) is 51.7 Å². The lowest BCUT2D eigenvalue weighted by Gasteiger charge is -2.43. The van der Waals surface area contributed by atoms with E-state index in [1.165, 1.54) is 20.8 Å². The summed E-state index contributed by atoms with van der Waals surface area (Å²) in [6.45, 7) is -11.3. The molecule has 0 saturated carbocycles. The van der Waals surface area contributed by atoms with E-state index in [2.05, 4.69) is 0 Å². The fourth-order valence-corrected chi connectivity index (χ4v) is 3.58. The molecule has 31 heavy (non-hydrogen) atoms. The van der Waals surface area contributed by atoms with Gasteiger partial charge in [0.2, 0.25) is 11.8 Å². The van der Waals surface area contributed by atoms with E-state index < -0.39 is 101 Å². The molecule has 0 spiro atoms. The number of benzene rings is 1. The minimum Gasteiger partial charge on any atom is -0.364 e. The molecular formula is C21H25F3N4O3. The van der Waals surface area contributed by atoms with Crippen molar-refractivity contribution in [2.75, 3.05) is 30.9 Å². The van der Waals surface area contributed by atoms with Gasteiger partial charge in [-0.3, -0.25) is 24.6 Å². The van der Waals surface area contributed by atoms with Crippen LogP contribution in [0.25, 0.3) is 0 Å². The fraction of sp³-hybridized carbons (Fsp3) is 0.571. The summed E-state index contributed by atoms with van der Waals surface area (Å²) in [7, 11) is 0. The maximum absolute atomic E-state index is 16.0. The van der Waals surface area contributed by atoms with E-state index in [0.717, 1.165) is 0 Å². The fourth-order valence-electron chi connectivity index (χ4n) is 3.58. The Morgan fingerprint density at radius 3 is 2.23 bits per heavy atom. The first-order valence-electron chi connectivity index (χ1n) is 13.5. The van der Waals surface area contributed by atoms with Gasteiger partial charge in [0.05, 0.1) is 17.6 Å². The lowest BCUT2D eigenvalue weighted by molar-refractivity contribution is -0.136. The van der Waals surface area contributed by atoms with Gasteiger partial charge in [-0.1, -0.05) is 0 Å². The van der Waals surface area contributed by atoms with E-state index in [1.54, 1.807) is 0 Å². The van der Waals surface area contributed by atoms with E-state index in [4.69, 9.17) is 11.0 Å². The minimum absolute atomic E-state index is 0.191. The summed E-state index contributed by atoms with van der Waals surface area (Å²) < 4.78 is 115. The second-order valence-corrected chi connectivity index (χ2v) is 8.33. The molecule has 4 rings (SSSR count). The number of rotatable bonds is 2. The highest BCUT2D eigenvalue weighted by atomic mass is 19.2. The molecule has 3 heterocycles. The number of carbonyl (C=O) groups excluding carboxylic acids is 3. The number of piperidine rings is 1. The maximum atomic E-state index is 16.0. The molecule has 0 aromatic heterocycles. The summed E-state index contributed by atoms with van der Waals surface area (Å²) in [6.07, 6.45) is -0.382. The molecular weight excluding hydrogens is 413 g/mol. The highest BCUT2D eigenvalue weighted by Crippen LogP contribution is 2.38. The molecule has 168 valence electrons. The van der Waals surface area contributed by atoms with E-state index in [9.17, 15) is 14.4 Å². The Morgan fingerprint density at radius 2 is 1.65 bits per heavy atom. The first-order valence-corrected chi connectivity index (χ1v) is 9.47. The van der Waals surface area contributed by atoms with Crippen LogP contribution in [-0.2, 0) is 16.1 Å². The van der Waals surface area contributed by atoms with Crippen molar-refractivity contribution in [3.8, 4) is 0 Å². The summed E-state index contributed by atoms with van der Waals surface area (Å²) in [4.78, 5) is 37.2. The molecule has 0 radical (unpaired) electrons. The molecule has 1 N–H and O–H groups in total. The summed E-state index contributed by atoms with van der Waals surface area (Å²) >= 11 is 0. The van der Waals surface area contributed by atoms with Gasteiger partial charge in [-0.25, -0.2) is 13.2 Å². The molecule has 2 saturated heterocycles. The lowest BCUT2D eigenvalue weighted by Crippen LogP contribution is -2.53. The predicted octanol–water partition coefficient (Wildman–Crippen LogP) is 1.79. The van der Waals surface area contributed by atoms with Crippen molar-refractivity contribution in [3.63, 3.8) is 0 Å². The zero-order valence-electron chi connectivity index (χ0n) is 24.9. The second kappa shape index (κ2) is 7.51. The number of amides is 3. The van der Waals surface area contributed by atoms with Gasteiger partial charge >= 0.3 is 0 Å². The maximum Gasteiger partial charge on any atom is 0.258 e. The van der Waals surface area contributed by atoms with Crippen LogP contribution < -0.4 is 10.2 Å². The molecule has 10 heteroatoms. The number of imide groups is 1. The number of hydrogen-bond acceptors (Lipinski definition) is 5. The van der Waals surface area contributed by atoms with Crippen LogP contribution in [-0.4, -0.2) is 65.1 Å². The number of fused-ring (bicyclic) bond motifs is 1. The zero-order chi connectivity index (χ0) is 29.8. The van der Waals surface area contributed by atoms with Crippen LogP contribution in [0.2, 0.25) is 0 Å². The van der Waals surface area contributed by atoms with Crippen molar-refractivity contribution in [1.29, 1.82) is 0 Å². The molecule has 3 aliphatic rings. The average Bonchev–Trinajstić information content (AvgIpc) is 3.09. The van der Waals surface area contributed by atoms with Crippen molar-refractivity contribution in [1.82, 2.24) is 15.1 Å². The summed E-state index contributed by atoms with van der Waals surface area (Å²) in [6, 6.07) is -1.34. The molecule has 1 aromatic carbocycles. The van der Waals surface area contributed by atoms with Crippen LogP contribution in [0, 0.1) is 17.5 Å². The Bertz CT molecular complexity index is 1280. The van der Waals surface area contributed by atoms with Crippen LogP contribution in [0.4, 0.5) is 18.9 Å². The number of hydrogen-bond donors (Lipinski definition) is 1. The summed E-state index contributed by atoms with van der Waals surface area (Å²) in [5.74, 6) is -8.93. The van der Waals surface area contributed by atoms with E-state index >= 15 is 13.2 Å². The Balaban J connectivity index is 1.92. The van der Waals surface area contributed by atoms with Crippen molar-refractivity contribution in [3.05, 3.63) is 28.6 Å². The minimum atomic E-state index is -3.70. The van der Waals surface area contributed by atoms with Gasteiger partial charge in [-0.15, -0.1) is 0 Å². The lowest BCUT2D eigenvalue weighted by atomic mass is 10.0. The molecule has 2 fully saturated rings. The van der Waals surface area contributed by atoms with Crippen LogP contribution in [0.3, 0.4) is 0 Å². The van der Waals surface area contributed by atoms with Gasteiger partial charge in [0.25, 0.3) is 5.91 Å². The van der Waals surface area contributed by atoms with Crippen LogP contribution in [0.5, 0.6) is 0 Å². The zero-order valence-corrected chi connectivity index (χ0v) is 16.9. The number of halogens is 3. The smallest absolute Gasteiger partial charge is 0.258 e. The molecule has 0 bridgehead atoms. The highest BCUT2D eigenvalue weighted by Gasteiger charge is 2.44. The largest absolute Gasteiger partial charge is 0.364 e. The van der Waals surface area contributed by atoms with Gasteiger partial charge in [0, 0.05) is 49.0 Å². The third kappa shape index (κ3) is 3.56. The van der Waals surface area contributed by atoms with Gasteiger partial charge in [0.1, 0.15) is 11.7 Å². The third-order valence-corrected chi connectivity index (χ3v) is 5.23. The topological polar surface area (TPSA) is 73.0 Å². The van der Waals surface area contributed by atoms with E-state index in [0.29, 0.717) is 4.90 Å². The molecule has 1 atom stereocenters. The van der Waals surface area contributed by atoms with E-state index in [1.807, 2.05) is 5.32 Å². The number of piperazine rings is 1. The molecule has 3 aliphatic heterocycles. The first-order chi connectivity index (χ1) is 17.5. The first kappa shape index (κ1) is 13.7. The Kier molecular flexibility index (Phi) is 3.32. The van der Waals surface area contributed by atoms with Gasteiger partial charge in [-0.05, 0) is 27.2 Å². The van der Waals surface area contributed by atoms with Crippen molar-refractivity contribution >= 4 is 23.4 Å². The summed E-state index contributed by atoms with van der Waals surface area (Å²) in [5.41, 5.74) is -5.28. The van der Waals surface area contributed by atoms with Crippen molar-refractivity contribution < 1.29 is 38.5 Å². The molecule has 7 nitrogen and oxygen atoms in total. The normalized spacial score (nSPS) is 33.1. The quantitative estimate of drug-likeness (QED) is 0.554. The van der Waals surface area contributed by atoms with Crippen LogP contribution in [0.1, 0.15) is 60.5 Å². The van der Waals surface area contributed by atoms with E-state index in [-0.39, 0.29) is 17.7 Å². The molecule has 1 unspecified atom stereocenters. The third-order valence-electron chi connectivity index (χ3n) is 5.23. The Hall–Kier alpha value is -2.62. The highest BCUT2D eigenvalue weighted by molar-refractivity contribution is 6.05. The standard InChI is InChI=1S/C21H25F3N4O3/c1-21(2,3)27-8-6-26(7-9-27)18-15(22)11-10-28(12-4-5-13(29)25-19(12)30)20(31)14(11)16(23)17(18)24/h12H,4-10H2,1-3H3,(H,25,29,30)/i6D2,7D2,8D2,9D2. The second-order valence-electron chi connectivity index (χ2n) is 8.33. The monoisotopic (exact) mass is 446 g/mol. The average molecular weight is 446 g/mol. The summed E-state index contributed by atoms with van der Waals surface area (Å²) in [5, 5.41) is 1.98. The van der Waals surface area contributed by atoms with Gasteiger partial charge in [0.15, 0.2) is 17.5 Å². The van der Waals surface area contributed by atoms with Crippen LogP contribution in [0.15, 0.2) is 0 Å². The van der Waals surface area contributed by atoms with Gasteiger partial charge in [-0.2, -0.15) is 0 Å². The molecule has 1 aromatic rings. The Morgan fingerprint density at radius 1 is 1.00 bits per heavy atom. The van der Waals surface area contributed by atoms with Gasteiger partial charge < -0.3 is 9.80 Å². The number of carbonyl (C=O) groups is 3. The SMILES string of the molecule is [2H]C1([2H])N(c2c(F)c(F)c3c(c2F)CN(C2CCC(=O)NC2=O)C3=O)C([2H])([2H])C([2H])([2H])N(C(C)(C)C)C1([2H])[2H]. The molecule has 0 aliphatic carbocycles. The van der Waals surface area contributed by atoms with Crippen LogP contribution >= 0.6 is 0 Å². The van der Waals surface area contributed by atoms with Crippen molar-refractivity contribution in [2.24, 2.45) is 0 Å².